The van der Waals surface area contributed by atoms with Gasteiger partial charge in [0.05, 0.1) is 23.4 Å². The first-order valence-electron chi connectivity index (χ1n) is 8.63. The second-order valence-electron chi connectivity index (χ2n) is 6.39. The number of halogens is 4. The molecule has 4 amide bonds. The van der Waals surface area contributed by atoms with Crippen LogP contribution in [-0.2, 0) is 15.8 Å². The Kier molecular flexibility index (Phi) is 5.95. The Bertz CT molecular complexity index is 1190. The topological polar surface area (TPSA) is 113 Å². The van der Waals surface area contributed by atoms with Gasteiger partial charge in [0, 0.05) is 0 Å². The van der Waals surface area contributed by atoms with Crippen molar-refractivity contribution in [2.24, 2.45) is 0 Å². The molecule has 2 aromatic carbocycles. The van der Waals surface area contributed by atoms with E-state index in [1.54, 1.807) is 0 Å². The molecule has 32 heavy (non-hydrogen) atoms. The van der Waals surface area contributed by atoms with E-state index >= 15 is 0 Å². The van der Waals surface area contributed by atoms with Gasteiger partial charge in [-0.25, -0.2) is 14.5 Å². The van der Waals surface area contributed by atoms with Gasteiger partial charge in [0.15, 0.2) is 0 Å². The van der Waals surface area contributed by atoms with Crippen LogP contribution in [0.3, 0.4) is 0 Å². The predicted octanol–water partition coefficient (Wildman–Crippen LogP) is 3.73. The number of ether oxygens (including phenoxy) is 1. The molecule has 1 aliphatic heterocycles. The smallest absolute Gasteiger partial charge is 0.416 e. The molecular formula is C20H12ClF3N2O6. The second kappa shape index (κ2) is 8.35. The second-order valence-corrected chi connectivity index (χ2v) is 6.79. The lowest BCUT2D eigenvalue weighted by molar-refractivity contribution is -0.137. The zero-order valence-corrected chi connectivity index (χ0v) is 16.7. The van der Waals surface area contributed by atoms with Crippen LogP contribution in [0, 0.1) is 0 Å². The fourth-order valence-electron chi connectivity index (χ4n) is 2.89. The zero-order valence-electron chi connectivity index (χ0n) is 16.0. The van der Waals surface area contributed by atoms with Gasteiger partial charge in [-0.15, -0.1) is 0 Å². The van der Waals surface area contributed by atoms with Crippen molar-refractivity contribution in [3.8, 4) is 5.75 Å². The van der Waals surface area contributed by atoms with Crippen LogP contribution < -0.4 is 15.0 Å². The van der Waals surface area contributed by atoms with E-state index in [0.717, 1.165) is 18.2 Å². The average Bonchev–Trinajstić information content (AvgIpc) is 2.71. The van der Waals surface area contributed by atoms with E-state index in [4.69, 9.17) is 16.3 Å². The first kappa shape index (κ1) is 22.8. The third kappa shape index (κ3) is 4.28. The number of barbiturate groups is 1. The molecule has 1 saturated heterocycles. The van der Waals surface area contributed by atoms with Crippen LogP contribution in [0.5, 0.6) is 5.75 Å². The van der Waals surface area contributed by atoms with Gasteiger partial charge in [0.2, 0.25) is 0 Å². The fraction of sp³-hybridized carbons (Fsp3) is 0.100. The van der Waals surface area contributed by atoms with Crippen LogP contribution in [0.4, 0.5) is 23.7 Å². The molecule has 1 aliphatic rings. The Morgan fingerprint density at radius 2 is 1.84 bits per heavy atom. The number of benzene rings is 2. The first-order valence-corrected chi connectivity index (χ1v) is 9.01. The SMILES string of the molecule is COc1ccc(/C=C2\C(=O)NC(=O)N(c3cc(C(F)(F)F)ccc3Cl)C2=O)cc1C(=O)O. The van der Waals surface area contributed by atoms with E-state index in [-0.39, 0.29) is 21.9 Å². The van der Waals surface area contributed by atoms with Gasteiger partial charge in [0.1, 0.15) is 16.9 Å². The van der Waals surface area contributed by atoms with Crippen molar-refractivity contribution in [3.63, 3.8) is 0 Å². The Morgan fingerprint density at radius 3 is 2.44 bits per heavy atom. The summed E-state index contributed by atoms with van der Waals surface area (Å²) in [5, 5.41) is 10.8. The molecule has 12 heteroatoms. The van der Waals surface area contributed by atoms with Crippen LogP contribution >= 0.6 is 11.6 Å². The number of carboxylic acids is 1. The summed E-state index contributed by atoms with van der Waals surface area (Å²) in [6.45, 7) is 0. The van der Waals surface area contributed by atoms with E-state index in [2.05, 4.69) is 0 Å². The lowest BCUT2D eigenvalue weighted by Gasteiger charge is -2.27. The monoisotopic (exact) mass is 468 g/mol. The average molecular weight is 469 g/mol. The summed E-state index contributed by atoms with van der Waals surface area (Å²) < 4.78 is 44.2. The minimum atomic E-state index is -4.78. The number of alkyl halides is 3. The Hall–Kier alpha value is -3.86. The fourth-order valence-corrected chi connectivity index (χ4v) is 3.09. The summed E-state index contributed by atoms with van der Waals surface area (Å²) >= 11 is 5.92. The van der Waals surface area contributed by atoms with Crippen LogP contribution in [0.15, 0.2) is 42.0 Å². The van der Waals surface area contributed by atoms with Gasteiger partial charge < -0.3 is 9.84 Å². The highest BCUT2D eigenvalue weighted by molar-refractivity contribution is 6.42. The van der Waals surface area contributed by atoms with Crippen molar-refractivity contribution in [2.45, 2.75) is 6.18 Å². The quantitative estimate of drug-likeness (QED) is 0.522. The molecule has 2 N–H and O–H groups in total. The van der Waals surface area contributed by atoms with Crippen molar-refractivity contribution >= 4 is 47.2 Å². The maximum atomic E-state index is 13.1. The van der Waals surface area contributed by atoms with E-state index in [0.29, 0.717) is 17.0 Å². The van der Waals surface area contributed by atoms with Crippen LogP contribution in [0.1, 0.15) is 21.5 Å². The number of methoxy groups -OCH3 is 1. The maximum Gasteiger partial charge on any atom is 0.416 e. The summed E-state index contributed by atoms with van der Waals surface area (Å²) in [7, 11) is 1.25. The zero-order chi connectivity index (χ0) is 23.8. The highest BCUT2D eigenvalue weighted by Crippen LogP contribution is 2.36. The molecule has 0 radical (unpaired) electrons. The number of urea groups is 1. The van der Waals surface area contributed by atoms with Gasteiger partial charge >= 0.3 is 18.2 Å². The van der Waals surface area contributed by atoms with Crippen LogP contribution in [0.2, 0.25) is 5.02 Å². The summed E-state index contributed by atoms with van der Waals surface area (Å²) in [5.74, 6) is -3.68. The Balaban J connectivity index is 2.09. The number of rotatable bonds is 4. The summed E-state index contributed by atoms with van der Waals surface area (Å²) in [6, 6.07) is 4.49. The van der Waals surface area contributed by atoms with E-state index < -0.39 is 46.8 Å². The molecule has 2 aromatic rings. The van der Waals surface area contributed by atoms with Gasteiger partial charge in [-0.3, -0.25) is 14.9 Å². The number of nitrogens with one attached hydrogen (secondary N) is 1. The summed E-state index contributed by atoms with van der Waals surface area (Å²) in [5.41, 5.74) is -2.55. The molecule has 1 fully saturated rings. The van der Waals surface area contributed by atoms with Gasteiger partial charge in [-0.05, 0) is 42.0 Å². The van der Waals surface area contributed by atoms with Gasteiger partial charge in [-0.1, -0.05) is 17.7 Å². The van der Waals surface area contributed by atoms with Crippen LogP contribution in [0.25, 0.3) is 6.08 Å². The van der Waals surface area contributed by atoms with Crippen molar-refractivity contribution in [2.75, 3.05) is 12.0 Å². The normalized spacial score (nSPS) is 15.7. The van der Waals surface area contributed by atoms with Crippen molar-refractivity contribution in [1.82, 2.24) is 5.32 Å². The summed E-state index contributed by atoms with van der Waals surface area (Å²) in [6.07, 6.45) is -3.79. The molecule has 0 aromatic heterocycles. The van der Waals surface area contributed by atoms with Gasteiger partial charge in [0.25, 0.3) is 11.8 Å². The highest BCUT2D eigenvalue weighted by atomic mass is 35.5. The molecule has 166 valence electrons. The van der Waals surface area contributed by atoms with E-state index in [1.807, 2.05) is 5.32 Å². The lowest BCUT2D eigenvalue weighted by atomic mass is 10.0. The summed E-state index contributed by atoms with van der Waals surface area (Å²) in [4.78, 5) is 49.1. The molecular weight excluding hydrogens is 457 g/mol. The number of imide groups is 2. The third-order valence-electron chi connectivity index (χ3n) is 4.38. The molecule has 0 unspecified atom stereocenters. The first-order chi connectivity index (χ1) is 14.9. The number of carbonyl (C=O) groups is 4. The number of amides is 4. The molecule has 8 nitrogen and oxygen atoms in total. The minimum Gasteiger partial charge on any atom is -0.496 e. The molecule has 3 rings (SSSR count). The van der Waals surface area contributed by atoms with Crippen molar-refractivity contribution < 1.29 is 42.2 Å². The lowest BCUT2D eigenvalue weighted by Crippen LogP contribution is -2.54. The largest absolute Gasteiger partial charge is 0.496 e. The number of carboxylic acid groups (broad SMARTS) is 1. The highest BCUT2D eigenvalue weighted by Gasteiger charge is 2.39. The number of anilines is 1. The number of hydrogen-bond donors (Lipinski definition) is 2. The van der Waals surface area contributed by atoms with Crippen molar-refractivity contribution in [1.29, 1.82) is 0 Å². The standard InChI is InChI=1S/C20H12ClF3N2O6/c1-32-15-5-2-9(6-11(15)18(29)30)7-12-16(27)25-19(31)26(17(12)28)14-8-10(20(22,23)24)3-4-13(14)21/h2-8H,1H3,(H,29,30)(H,25,27,31)/b12-7+. The molecule has 0 bridgehead atoms. The number of carbonyl (C=O) groups excluding carboxylic acids is 3. The maximum absolute atomic E-state index is 13.1. The molecule has 0 spiro atoms. The van der Waals surface area contributed by atoms with E-state index in [1.165, 1.54) is 19.2 Å². The Labute approximate surface area is 182 Å². The molecule has 1 heterocycles. The predicted molar refractivity (Wildman–Crippen MR) is 105 cm³/mol. The van der Waals surface area contributed by atoms with Crippen molar-refractivity contribution in [3.05, 3.63) is 63.7 Å². The number of nitrogens with zero attached hydrogens (tertiary/aromatic N) is 1. The molecule has 0 atom stereocenters. The molecule has 0 saturated carbocycles. The number of aromatic carboxylic acids is 1. The Morgan fingerprint density at radius 1 is 1.16 bits per heavy atom. The van der Waals surface area contributed by atoms with E-state index in [9.17, 15) is 37.5 Å². The third-order valence-corrected chi connectivity index (χ3v) is 4.70. The number of hydrogen-bond acceptors (Lipinski definition) is 5. The molecule has 0 aliphatic carbocycles. The minimum absolute atomic E-state index is 0.0200. The van der Waals surface area contributed by atoms with Crippen LogP contribution in [-0.4, -0.2) is 36.0 Å². The van der Waals surface area contributed by atoms with Gasteiger partial charge in [-0.2, -0.15) is 13.2 Å².